The smallest absolute Gasteiger partial charge is 0.265 e. The Balaban J connectivity index is 1.50. The van der Waals surface area contributed by atoms with Crippen LogP contribution in [0.5, 0.6) is 0 Å². The summed E-state index contributed by atoms with van der Waals surface area (Å²) in [4.78, 5) is 24.0. The number of pyridine rings is 1. The summed E-state index contributed by atoms with van der Waals surface area (Å²) in [5, 5.41) is 5.09. The number of hydrogen-bond donors (Lipinski definition) is 0. The molecule has 0 N–H and O–H groups in total. The molecule has 0 radical (unpaired) electrons. The van der Waals surface area contributed by atoms with Crippen molar-refractivity contribution in [1.29, 1.82) is 0 Å². The second-order valence-corrected chi connectivity index (χ2v) is 6.81. The highest BCUT2D eigenvalue weighted by Gasteiger charge is 2.27. The Morgan fingerprint density at radius 1 is 1.21 bits per heavy atom. The van der Waals surface area contributed by atoms with Crippen LogP contribution in [0.25, 0.3) is 10.7 Å². The Kier molecular flexibility index (Phi) is 4.08. The van der Waals surface area contributed by atoms with Crippen molar-refractivity contribution in [2.75, 3.05) is 13.1 Å². The molecule has 122 valence electrons. The zero-order valence-electron chi connectivity index (χ0n) is 13.1. The molecule has 6 nitrogen and oxygen atoms in total. The molecular weight excluding hydrogens is 322 g/mol. The zero-order chi connectivity index (χ0) is 16.4. The predicted molar refractivity (Wildman–Crippen MR) is 91.7 cm³/mol. The van der Waals surface area contributed by atoms with Crippen LogP contribution in [0.15, 0.2) is 49.1 Å². The monoisotopic (exact) mass is 339 g/mol. The molecule has 1 aliphatic heterocycles. The van der Waals surface area contributed by atoms with Gasteiger partial charge in [0, 0.05) is 31.7 Å². The van der Waals surface area contributed by atoms with Gasteiger partial charge in [0.1, 0.15) is 9.88 Å². The Bertz CT molecular complexity index is 815. The number of rotatable bonds is 3. The number of carbonyl (C=O) groups is 1. The molecule has 1 amide bonds. The molecule has 4 heterocycles. The Labute approximate surface area is 143 Å². The minimum atomic E-state index is 0.0477. The lowest BCUT2D eigenvalue weighted by Crippen LogP contribution is -2.40. The van der Waals surface area contributed by atoms with Crippen LogP contribution < -0.4 is 0 Å². The molecule has 1 atom stereocenters. The van der Waals surface area contributed by atoms with Gasteiger partial charge in [-0.15, -0.1) is 11.3 Å². The summed E-state index contributed by atoms with van der Waals surface area (Å²) in [7, 11) is 0. The second kappa shape index (κ2) is 6.52. The summed E-state index contributed by atoms with van der Waals surface area (Å²) >= 11 is 1.40. The van der Waals surface area contributed by atoms with E-state index in [0.29, 0.717) is 11.4 Å². The highest BCUT2D eigenvalue weighted by Crippen LogP contribution is 2.27. The fourth-order valence-corrected chi connectivity index (χ4v) is 3.85. The third kappa shape index (κ3) is 2.94. The van der Waals surface area contributed by atoms with Crippen molar-refractivity contribution < 1.29 is 4.79 Å². The van der Waals surface area contributed by atoms with E-state index in [2.05, 4.69) is 15.1 Å². The molecule has 4 rings (SSSR count). The summed E-state index contributed by atoms with van der Waals surface area (Å²) in [5.41, 5.74) is 0.801. The van der Waals surface area contributed by atoms with Crippen LogP contribution in [0.1, 0.15) is 28.6 Å². The quantitative estimate of drug-likeness (QED) is 0.736. The van der Waals surface area contributed by atoms with Crippen LogP contribution in [-0.2, 0) is 0 Å². The molecule has 3 aromatic heterocycles. The minimum Gasteiger partial charge on any atom is -0.336 e. The molecule has 0 aliphatic carbocycles. The maximum absolute atomic E-state index is 12.8. The van der Waals surface area contributed by atoms with Crippen molar-refractivity contribution in [3.8, 4) is 10.7 Å². The normalized spacial score (nSPS) is 17.8. The number of likely N-dealkylation sites (tertiary alicyclic amines) is 1. The van der Waals surface area contributed by atoms with Crippen LogP contribution in [0.4, 0.5) is 0 Å². The molecule has 1 fully saturated rings. The molecule has 0 bridgehead atoms. The standard InChI is InChI=1S/C17H17N5OS/c23-17(15-11-19-16(24-15)14-6-1-2-7-18-14)21-9-3-5-13(12-21)22-10-4-8-20-22/h1-2,4,6-8,10-11,13H,3,5,9,12H2/t13-/m0/s1. The number of hydrogen-bond acceptors (Lipinski definition) is 5. The van der Waals surface area contributed by atoms with Crippen molar-refractivity contribution in [1.82, 2.24) is 24.6 Å². The van der Waals surface area contributed by atoms with Crippen LogP contribution in [0.2, 0.25) is 0 Å². The summed E-state index contributed by atoms with van der Waals surface area (Å²) in [6, 6.07) is 7.86. The van der Waals surface area contributed by atoms with Crippen molar-refractivity contribution in [3.63, 3.8) is 0 Å². The van der Waals surface area contributed by atoms with Gasteiger partial charge in [0.15, 0.2) is 0 Å². The largest absolute Gasteiger partial charge is 0.336 e. The highest BCUT2D eigenvalue weighted by atomic mass is 32.1. The number of piperidine rings is 1. The van der Waals surface area contributed by atoms with E-state index in [1.54, 1.807) is 18.6 Å². The predicted octanol–water partition coefficient (Wildman–Crippen LogP) is 2.88. The van der Waals surface area contributed by atoms with Gasteiger partial charge >= 0.3 is 0 Å². The van der Waals surface area contributed by atoms with Crippen LogP contribution in [0, 0.1) is 0 Å². The summed E-state index contributed by atoms with van der Waals surface area (Å²) in [6.45, 7) is 1.48. The lowest BCUT2D eigenvalue weighted by molar-refractivity contribution is 0.0677. The Morgan fingerprint density at radius 3 is 2.96 bits per heavy atom. The van der Waals surface area contributed by atoms with Crippen LogP contribution in [-0.4, -0.2) is 43.6 Å². The molecule has 0 spiro atoms. The minimum absolute atomic E-state index is 0.0477. The fourth-order valence-electron chi connectivity index (χ4n) is 2.99. The van der Waals surface area contributed by atoms with E-state index in [-0.39, 0.29) is 11.9 Å². The molecule has 1 saturated heterocycles. The number of thiazole rings is 1. The van der Waals surface area contributed by atoms with Crippen molar-refractivity contribution >= 4 is 17.2 Å². The van der Waals surface area contributed by atoms with Gasteiger partial charge in [-0.25, -0.2) is 4.98 Å². The first-order valence-corrected chi connectivity index (χ1v) is 8.78. The van der Waals surface area contributed by atoms with E-state index in [1.807, 2.05) is 40.0 Å². The number of amides is 1. The molecule has 0 unspecified atom stereocenters. The van der Waals surface area contributed by atoms with E-state index in [4.69, 9.17) is 0 Å². The van der Waals surface area contributed by atoms with E-state index in [1.165, 1.54) is 11.3 Å². The first kappa shape index (κ1) is 15.0. The van der Waals surface area contributed by atoms with Crippen molar-refractivity contribution in [2.24, 2.45) is 0 Å². The SMILES string of the molecule is O=C(c1cnc(-c2ccccn2)s1)N1CCC[C@H](n2cccn2)C1. The van der Waals surface area contributed by atoms with Crippen molar-refractivity contribution in [2.45, 2.75) is 18.9 Å². The summed E-state index contributed by atoms with van der Waals surface area (Å²) in [5.74, 6) is 0.0477. The van der Waals surface area contributed by atoms with Crippen LogP contribution in [0.3, 0.4) is 0 Å². The lowest BCUT2D eigenvalue weighted by atomic mass is 10.1. The van der Waals surface area contributed by atoms with E-state index in [9.17, 15) is 4.79 Å². The first-order chi connectivity index (χ1) is 11.8. The molecular formula is C17H17N5OS. The highest BCUT2D eigenvalue weighted by molar-refractivity contribution is 7.16. The Morgan fingerprint density at radius 2 is 2.17 bits per heavy atom. The average Bonchev–Trinajstić information content (AvgIpc) is 3.34. The molecule has 1 aliphatic rings. The zero-order valence-corrected chi connectivity index (χ0v) is 13.9. The van der Waals surface area contributed by atoms with Crippen molar-refractivity contribution in [3.05, 3.63) is 53.9 Å². The topological polar surface area (TPSA) is 63.9 Å². The number of aromatic nitrogens is 4. The van der Waals surface area contributed by atoms with Gasteiger partial charge in [-0.2, -0.15) is 5.10 Å². The van der Waals surface area contributed by atoms with E-state index >= 15 is 0 Å². The maximum Gasteiger partial charge on any atom is 0.265 e. The van der Waals surface area contributed by atoms with Gasteiger partial charge in [-0.05, 0) is 31.0 Å². The fraction of sp³-hybridized carbons (Fsp3) is 0.294. The third-order valence-corrected chi connectivity index (χ3v) is 5.19. The first-order valence-electron chi connectivity index (χ1n) is 7.97. The summed E-state index contributed by atoms with van der Waals surface area (Å²) < 4.78 is 1.95. The van der Waals surface area contributed by atoms with Gasteiger partial charge in [-0.3, -0.25) is 14.5 Å². The molecule has 0 aromatic carbocycles. The molecule has 3 aromatic rings. The third-order valence-electron chi connectivity index (χ3n) is 4.18. The summed E-state index contributed by atoms with van der Waals surface area (Å²) in [6.07, 6.45) is 9.18. The average molecular weight is 339 g/mol. The number of carbonyl (C=O) groups excluding carboxylic acids is 1. The van der Waals surface area contributed by atoms with Crippen LogP contribution >= 0.6 is 11.3 Å². The molecule has 7 heteroatoms. The maximum atomic E-state index is 12.8. The van der Waals surface area contributed by atoms with Gasteiger partial charge < -0.3 is 4.90 Å². The van der Waals surface area contributed by atoms with Gasteiger partial charge in [0.25, 0.3) is 5.91 Å². The van der Waals surface area contributed by atoms with Gasteiger partial charge in [-0.1, -0.05) is 6.07 Å². The number of nitrogens with zero attached hydrogens (tertiary/aromatic N) is 5. The Hall–Kier alpha value is -2.54. The molecule has 24 heavy (non-hydrogen) atoms. The van der Waals surface area contributed by atoms with Gasteiger partial charge in [0.05, 0.1) is 17.9 Å². The van der Waals surface area contributed by atoms with E-state index in [0.717, 1.165) is 30.1 Å². The van der Waals surface area contributed by atoms with E-state index < -0.39 is 0 Å². The second-order valence-electron chi connectivity index (χ2n) is 5.78. The molecule has 0 saturated carbocycles. The lowest BCUT2D eigenvalue weighted by Gasteiger charge is -2.32. The van der Waals surface area contributed by atoms with Gasteiger partial charge in [0.2, 0.25) is 0 Å².